The van der Waals surface area contributed by atoms with Gasteiger partial charge in [0.2, 0.25) is 5.91 Å². The molecule has 1 amide bonds. The van der Waals surface area contributed by atoms with Crippen molar-refractivity contribution in [2.45, 2.75) is 26.4 Å². The fourth-order valence-electron chi connectivity index (χ4n) is 0.828. The summed E-state index contributed by atoms with van der Waals surface area (Å²) in [6.45, 7) is 3.29. The molecule has 0 heterocycles. The molecule has 0 saturated carbocycles. The Hall–Kier alpha value is -0.610. The topological polar surface area (TPSA) is 69.6 Å². The largest absolute Gasteiger partial charge is 0.393 e. The first-order chi connectivity index (χ1) is 4.63. The van der Waals surface area contributed by atoms with Crippen molar-refractivity contribution in [2.24, 2.45) is 5.92 Å². The number of nitrogens with one attached hydrogen (secondary N) is 1. The summed E-state index contributed by atoms with van der Waals surface area (Å²) in [6.07, 6.45) is -0.193. The smallest absolute Gasteiger partial charge is 0.249 e. The molecule has 10 heavy (non-hydrogen) atoms. The first-order valence-corrected chi connectivity index (χ1v) is 3.25. The number of carbonyl (C=O) groups is 1. The van der Waals surface area contributed by atoms with E-state index in [1.165, 1.54) is 12.4 Å². The maximum atomic E-state index is 10.7. The van der Waals surface area contributed by atoms with Gasteiger partial charge in [0.05, 0.1) is 12.0 Å². The molecule has 0 aliphatic carbocycles. The van der Waals surface area contributed by atoms with E-state index in [1.807, 2.05) is 0 Å². The molecule has 0 spiro atoms. The summed E-state index contributed by atoms with van der Waals surface area (Å²) < 4.78 is 0. The van der Waals surface area contributed by atoms with Crippen LogP contribution in [0.25, 0.3) is 0 Å². The van der Waals surface area contributed by atoms with E-state index in [1.54, 1.807) is 6.92 Å². The van der Waals surface area contributed by atoms with Gasteiger partial charge in [-0.25, -0.2) is 5.48 Å². The molecule has 60 valence electrons. The molecule has 0 rings (SSSR count). The van der Waals surface area contributed by atoms with Crippen molar-refractivity contribution >= 4 is 5.91 Å². The number of amides is 1. The van der Waals surface area contributed by atoms with Gasteiger partial charge in [-0.05, 0) is 13.3 Å². The van der Waals surface area contributed by atoms with Gasteiger partial charge in [0.25, 0.3) is 0 Å². The van der Waals surface area contributed by atoms with Crippen LogP contribution >= 0.6 is 0 Å². The lowest BCUT2D eigenvalue weighted by Gasteiger charge is -2.14. The molecule has 4 nitrogen and oxygen atoms in total. The number of aliphatic hydroxyl groups is 1. The second-order valence-electron chi connectivity index (χ2n) is 2.23. The molecule has 0 aromatic carbocycles. The van der Waals surface area contributed by atoms with E-state index in [9.17, 15) is 4.79 Å². The minimum atomic E-state index is -0.711. The molecular formula is C6H13NO3. The lowest BCUT2D eigenvalue weighted by Crippen LogP contribution is -2.34. The minimum Gasteiger partial charge on any atom is -0.393 e. The number of hydroxylamine groups is 1. The Kier molecular flexibility index (Phi) is 3.99. The Balaban J connectivity index is 3.93. The standard InChI is InChI=1S/C6H13NO3/c1-3-5(4(2)8)6(9)7-10/h4-5,8,10H,3H2,1-2H3,(H,7,9). The third kappa shape index (κ3) is 2.33. The number of rotatable bonds is 3. The number of carbonyl (C=O) groups excluding carboxylic acids is 1. The van der Waals surface area contributed by atoms with E-state index >= 15 is 0 Å². The van der Waals surface area contributed by atoms with Gasteiger partial charge in [-0.15, -0.1) is 0 Å². The van der Waals surface area contributed by atoms with E-state index in [0.717, 1.165) is 0 Å². The zero-order valence-electron chi connectivity index (χ0n) is 6.16. The summed E-state index contributed by atoms with van der Waals surface area (Å²) in [5.41, 5.74) is 1.50. The lowest BCUT2D eigenvalue weighted by molar-refractivity contribution is -0.136. The zero-order valence-corrected chi connectivity index (χ0v) is 6.16. The Morgan fingerprint density at radius 3 is 2.30 bits per heavy atom. The Morgan fingerprint density at radius 1 is 1.70 bits per heavy atom. The Morgan fingerprint density at radius 2 is 2.20 bits per heavy atom. The highest BCUT2D eigenvalue weighted by Gasteiger charge is 2.20. The summed E-state index contributed by atoms with van der Waals surface area (Å²) in [5, 5.41) is 17.1. The molecule has 0 saturated heterocycles. The van der Waals surface area contributed by atoms with Crippen LogP contribution in [0.4, 0.5) is 0 Å². The fourth-order valence-corrected chi connectivity index (χ4v) is 0.828. The van der Waals surface area contributed by atoms with Crippen LogP contribution in [0.3, 0.4) is 0 Å². The van der Waals surface area contributed by atoms with Gasteiger partial charge >= 0.3 is 0 Å². The highest BCUT2D eigenvalue weighted by atomic mass is 16.5. The number of hydrogen-bond donors (Lipinski definition) is 3. The second-order valence-corrected chi connectivity index (χ2v) is 2.23. The van der Waals surface area contributed by atoms with E-state index in [-0.39, 0.29) is 0 Å². The van der Waals surface area contributed by atoms with Crippen LogP contribution in [0.1, 0.15) is 20.3 Å². The van der Waals surface area contributed by atoms with Crippen molar-refractivity contribution < 1.29 is 15.1 Å². The van der Waals surface area contributed by atoms with Crippen molar-refractivity contribution in [1.82, 2.24) is 5.48 Å². The van der Waals surface area contributed by atoms with Crippen LogP contribution in [0, 0.1) is 5.92 Å². The minimum absolute atomic E-state index is 0.509. The molecule has 0 aromatic rings. The van der Waals surface area contributed by atoms with Gasteiger partial charge < -0.3 is 5.11 Å². The lowest BCUT2D eigenvalue weighted by atomic mass is 10.0. The van der Waals surface area contributed by atoms with Crippen molar-refractivity contribution in [1.29, 1.82) is 0 Å². The SMILES string of the molecule is CCC(C(=O)NO)C(C)O. The summed E-state index contributed by atoms with van der Waals surface area (Å²) in [5.74, 6) is -1.04. The highest BCUT2D eigenvalue weighted by Crippen LogP contribution is 2.07. The quantitative estimate of drug-likeness (QED) is 0.385. The molecule has 2 atom stereocenters. The maximum Gasteiger partial charge on any atom is 0.249 e. The van der Waals surface area contributed by atoms with Crippen molar-refractivity contribution in [3.63, 3.8) is 0 Å². The van der Waals surface area contributed by atoms with Gasteiger partial charge in [0.1, 0.15) is 0 Å². The van der Waals surface area contributed by atoms with Gasteiger partial charge in [0.15, 0.2) is 0 Å². The number of aliphatic hydroxyl groups excluding tert-OH is 1. The van der Waals surface area contributed by atoms with Crippen LogP contribution in [-0.2, 0) is 4.79 Å². The molecule has 3 N–H and O–H groups in total. The first kappa shape index (κ1) is 9.39. The molecule has 4 heteroatoms. The monoisotopic (exact) mass is 147 g/mol. The van der Waals surface area contributed by atoms with E-state index in [4.69, 9.17) is 10.3 Å². The predicted octanol–water partition coefficient (Wildman–Crippen LogP) is -0.101. The summed E-state index contributed by atoms with van der Waals surface area (Å²) in [4.78, 5) is 10.7. The van der Waals surface area contributed by atoms with Gasteiger partial charge in [0, 0.05) is 0 Å². The normalized spacial score (nSPS) is 16.0. The van der Waals surface area contributed by atoms with Gasteiger partial charge in [-0.2, -0.15) is 0 Å². The highest BCUT2D eigenvalue weighted by molar-refractivity contribution is 5.77. The Labute approximate surface area is 59.8 Å². The second kappa shape index (κ2) is 4.24. The Bertz CT molecular complexity index is 114. The number of hydrogen-bond acceptors (Lipinski definition) is 3. The summed E-state index contributed by atoms with van der Waals surface area (Å²) >= 11 is 0. The predicted molar refractivity (Wildman–Crippen MR) is 35.4 cm³/mol. The van der Waals surface area contributed by atoms with Gasteiger partial charge in [-0.1, -0.05) is 6.92 Å². The van der Waals surface area contributed by atoms with Crippen LogP contribution < -0.4 is 5.48 Å². The van der Waals surface area contributed by atoms with Crippen LogP contribution in [-0.4, -0.2) is 22.3 Å². The van der Waals surface area contributed by atoms with Crippen LogP contribution in [0.15, 0.2) is 0 Å². The zero-order chi connectivity index (χ0) is 8.15. The summed E-state index contributed by atoms with van der Waals surface area (Å²) in [6, 6.07) is 0. The molecule has 0 aliphatic heterocycles. The van der Waals surface area contributed by atoms with Crippen molar-refractivity contribution in [2.75, 3.05) is 0 Å². The van der Waals surface area contributed by atoms with E-state index in [0.29, 0.717) is 6.42 Å². The van der Waals surface area contributed by atoms with E-state index < -0.39 is 17.9 Å². The summed E-state index contributed by atoms with van der Waals surface area (Å²) in [7, 11) is 0. The van der Waals surface area contributed by atoms with Crippen LogP contribution in [0.5, 0.6) is 0 Å². The molecule has 2 unspecified atom stereocenters. The molecule has 0 aliphatic rings. The average molecular weight is 147 g/mol. The van der Waals surface area contributed by atoms with Crippen molar-refractivity contribution in [3.8, 4) is 0 Å². The first-order valence-electron chi connectivity index (χ1n) is 3.25. The average Bonchev–Trinajstić information content (AvgIpc) is 1.88. The van der Waals surface area contributed by atoms with E-state index in [2.05, 4.69) is 0 Å². The third-order valence-electron chi connectivity index (χ3n) is 1.47. The van der Waals surface area contributed by atoms with Crippen LogP contribution in [0.2, 0.25) is 0 Å². The molecule has 0 aromatic heterocycles. The van der Waals surface area contributed by atoms with Gasteiger partial charge in [-0.3, -0.25) is 10.0 Å². The maximum absolute atomic E-state index is 10.7. The molecule has 0 bridgehead atoms. The third-order valence-corrected chi connectivity index (χ3v) is 1.47. The molecular weight excluding hydrogens is 134 g/mol. The molecule has 0 radical (unpaired) electrons. The fraction of sp³-hybridized carbons (Fsp3) is 0.833. The molecule has 0 fully saturated rings. The van der Waals surface area contributed by atoms with Crippen molar-refractivity contribution in [3.05, 3.63) is 0 Å².